The van der Waals surface area contributed by atoms with Gasteiger partial charge in [-0.2, -0.15) is 5.26 Å². The van der Waals surface area contributed by atoms with E-state index in [1.54, 1.807) is 42.5 Å². The molecule has 2 rings (SSSR count). The minimum atomic E-state index is -1.44. The molecular formula is C17H15N3O3. The molecule has 6 heteroatoms. The Morgan fingerprint density at radius 1 is 1.30 bits per heavy atom. The predicted octanol–water partition coefficient (Wildman–Crippen LogP) is 2.12. The van der Waals surface area contributed by atoms with Crippen molar-refractivity contribution < 1.29 is 14.3 Å². The number of pyridine rings is 1. The molecule has 0 fully saturated rings. The van der Waals surface area contributed by atoms with Crippen LogP contribution in [0.1, 0.15) is 5.56 Å². The lowest BCUT2D eigenvalue weighted by Gasteiger charge is -2.10. The van der Waals surface area contributed by atoms with Crippen LogP contribution in [0.5, 0.6) is 5.75 Å². The predicted molar refractivity (Wildman–Crippen MR) is 83.7 cm³/mol. The Balaban J connectivity index is 1.95. The number of anilines is 1. The summed E-state index contributed by atoms with van der Waals surface area (Å²) in [6.45, 7) is 1.55. The van der Waals surface area contributed by atoms with E-state index in [1.807, 2.05) is 13.0 Å². The van der Waals surface area contributed by atoms with E-state index in [4.69, 9.17) is 10.00 Å². The van der Waals surface area contributed by atoms with Crippen molar-refractivity contribution in [1.82, 2.24) is 4.98 Å². The molecular weight excluding hydrogens is 294 g/mol. The summed E-state index contributed by atoms with van der Waals surface area (Å²) in [5, 5.41) is 11.5. The first kappa shape index (κ1) is 16.2. The zero-order valence-electron chi connectivity index (χ0n) is 12.5. The smallest absolute Gasteiger partial charge is 0.250 e. The van der Waals surface area contributed by atoms with Crippen molar-refractivity contribution in [3.63, 3.8) is 0 Å². The van der Waals surface area contributed by atoms with Gasteiger partial charge in [0.2, 0.25) is 0 Å². The molecule has 0 aliphatic rings. The third kappa shape index (κ3) is 4.64. The molecule has 0 aliphatic heterocycles. The zero-order valence-corrected chi connectivity index (χ0v) is 12.5. The Hall–Kier alpha value is -3.20. The maximum absolute atomic E-state index is 12.0. The summed E-state index contributed by atoms with van der Waals surface area (Å²) >= 11 is 0. The van der Waals surface area contributed by atoms with E-state index < -0.39 is 17.6 Å². The highest BCUT2D eigenvalue weighted by atomic mass is 16.5. The van der Waals surface area contributed by atoms with E-state index in [0.29, 0.717) is 5.75 Å². The molecule has 116 valence electrons. The number of Topliss-reactive ketones (excluding diaryl/α,β-unsaturated/α-hetero) is 1. The second kappa shape index (κ2) is 7.71. The normalized spacial score (nSPS) is 11.1. The van der Waals surface area contributed by atoms with E-state index >= 15 is 0 Å². The van der Waals surface area contributed by atoms with E-state index in [2.05, 4.69) is 10.3 Å². The number of hydrogen-bond donors (Lipinski definition) is 1. The Morgan fingerprint density at radius 2 is 2.13 bits per heavy atom. The first-order valence-corrected chi connectivity index (χ1v) is 6.94. The summed E-state index contributed by atoms with van der Waals surface area (Å²) in [5.74, 6) is -1.97. The summed E-state index contributed by atoms with van der Waals surface area (Å²) in [6.07, 6.45) is 1.50. The number of amides is 1. The molecule has 2 aromatic rings. The fourth-order valence-corrected chi connectivity index (χ4v) is 1.85. The van der Waals surface area contributed by atoms with Crippen molar-refractivity contribution in [2.45, 2.75) is 6.92 Å². The van der Waals surface area contributed by atoms with Crippen LogP contribution in [0, 0.1) is 24.2 Å². The standard InChI is InChI=1S/C17H15N3O3/c1-12-5-4-6-13(9-12)23-11-15(21)14(10-18)17(22)20-16-7-2-3-8-19-16/h2-9,14H,11H2,1H3,(H,19,20,22)/t14-/m1/s1. The number of nitrogens with zero attached hydrogens (tertiary/aromatic N) is 2. The third-order valence-electron chi connectivity index (χ3n) is 3.00. The van der Waals surface area contributed by atoms with Gasteiger partial charge < -0.3 is 10.1 Å². The molecule has 1 N–H and O–H groups in total. The number of aryl methyl sites for hydroxylation is 1. The molecule has 6 nitrogen and oxygen atoms in total. The molecule has 0 aliphatic carbocycles. The minimum absolute atomic E-state index is 0.283. The van der Waals surface area contributed by atoms with Crippen LogP contribution in [0.2, 0.25) is 0 Å². The Morgan fingerprint density at radius 3 is 2.78 bits per heavy atom. The number of ketones is 1. The van der Waals surface area contributed by atoms with Gasteiger partial charge in [-0.05, 0) is 36.8 Å². The fraction of sp³-hybridized carbons (Fsp3) is 0.176. The average molecular weight is 309 g/mol. The number of carbonyl (C=O) groups is 2. The fourth-order valence-electron chi connectivity index (χ4n) is 1.85. The first-order chi connectivity index (χ1) is 11.1. The molecule has 23 heavy (non-hydrogen) atoms. The number of nitrogens with one attached hydrogen (secondary N) is 1. The number of rotatable bonds is 6. The minimum Gasteiger partial charge on any atom is -0.486 e. The lowest BCUT2D eigenvalue weighted by molar-refractivity contribution is -0.130. The van der Waals surface area contributed by atoms with Crippen molar-refractivity contribution in [3.8, 4) is 11.8 Å². The second-order valence-corrected chi connectivity index (χ2v) is 4.84. The SMILES string of the molecule is Cc1cccc(OCC(=O)[C@@H](C#N)C(=O)Nc2ccccn2)c1. The van der Waals surface area contributed by atoms with Gasteiger partial charge in [0.25, 0.3) is 5.91 Å². The van der Waals surface area contributed by atoms with Gasteiger partial charge in [0, 0.05) is 6.20 Å². The molecule has 0 radical (unpaired) electrons. The van der Waals surface area contributed by atoms with E-state index in [1.165, 1.54) is 6.20 Å². The van der Waals surface area contributed by atoms with Gasteiger partial charge in [-0.1, -0.05) is 18.2 Å². The molecule has 1 aromatic carbocycles. The molecule has 0 spiro atoms. The van der Waals surface area contributed by atoms with Crippen LogP contribution in [0.3, 0.4) is 0 Å². The van der Waals surface area contributed by atoms with Crippen molar-refractivity contribution in [2.24, 2.45) is 5.92 Å². The van der Waals surface area contributed by atoms with Crippen LogP contribution < -0.4 is 10.1 Å². The lowest BCUT2D eigenvalue weighted by atomic mass is 10.1. The molecule has 0 unspecified atom stereocenters. The van der Waals surface area contributed by atoms with Gasteiger partial charge >= 0.3 is 0 Å². The molecule has 1 amide bonds. The summed E-state index contributed by atoms with van der Waals surface area (Å²) in [5.41, 5.74) is 0.986. The summed E-state index contributed by atoms with van der Waals surface area (Å²) in [4.78, 5) is 28.0. The molecule has 0 saturated heterocycles. The van der Waals surface area contributed by atoms with Crippen LogP contribution >= 0.6 is 0 Å². The summed E-state index contributed by atoms with van der Waals surface area (Å²) in [7, 11) is 0. The molecule has 1 heterocycles. The molecule has 0 bridgehead atoms. The Kier molecular flexibility index (Phi) is 5.42. The maximum atomic E-state index is 12.0. The van der Waals surface area contributed by atoms with Crippen LogP contribution in [-0.2, 0) is 9.59 Å². The first-order valence-electron chi connectivity index (χ1n) is 6.94. The van der Waals surface area contributed by atoms with E-state index in [0.717, 1.165) is 5.56 Å². The zero-order chi connectivity index (χ0) is 16.7. The van der Waals surface area contributed by atoms with Gasteiger partial charge in [0.15, 0.2) is 11.7 Å². The number of benzene rings is 1. The second-order valence-electron chi connectivity index (χ2n) is 4.84. The van der Waals surface area contributed by atoms with Gasteiger partial charge in [0.1, 0.15) is 18.2 Å². The number of hydrogen-bond acceptors (Lipinski definition) is 5. The topological polar surface area (TPSA) is 92.1 Å². The van der Waals surface area contributed by atoms with Gasteiger partial charge in [-0.3, -0.25) is 9.59 Å². The monoisotopic (exact) mass is 309 g/mol. The molecule has 0 saturated carbocycles. The average Bonchev–Trinajstić information content (AvgIpc) is 2.54. The molecule has 1 aromatic heterocycles. The summed E-state index contributed by atoms with van der Waals surface area (Å²) < 4.78 is 5.34. The highest BCUT2D eigenvalue weighted by Crippen LogP contribution is 2.13. The highest BCUT2D eigenvalue weighted by molar-refractivity contribution is 6.09. The van der Waals surface area contributed by atoms with E-state index in [-0.39, 0.29) is 12.4 Å². The quantitative estimate of drug-likeness (QED) is 0.825. The van der Waals surface area contributed by atoms with Crippen molar-refractivity contribution in [2.75, 3.05) is 11.9 Å². The van der Waals surface area contributed by atoms with Gasteiger partial charge in [-0.15, -0.1) is 0 Å². The lowest BCUT2D eigenvalue weighted by Crippen LogP contribution is -2.32. The third-order valence-corrected chi connectivity index (χ3v) is 3.00. The van der Waals surface area contributed by atoms with Crippen molar-refractivity contribution in [3.05, 3.63) is 54.2 Å². The van der Waals surface area contributed by atoms with Gasteiger partial charge in [0.05, 0.1) is 6.07 Å². The van der Waals surface area contributed by atoms with Crippen molar-refractivity contribution >= 4 is 17.5 Å². The number of ether oxygens (including phenoxy) is 1. The van der Waals surface area contributed by atoms with Crippen LogP contribution in [-0.4, -0.2) is 23.3 Å². The van der Waals surface area contributed by atoms with E-state index in [9.17, 15) is 9.59 Å². The number of aromatic nitrogens is 1. The number of carbonyl (C=O) groups excluding carboxylic acids is 2. The highest BCUT2D eigenvalue weighted by Gasteiger charge is 2.27. The Labute approximate surface area is 133 Å². The Bertz CT molecular complexity index is 738. The summed E-state index contributed by atoms with van der Waals surface area (Å²) in [6, 6.07) is 13.8. The van der Waals surface area contributed by atoms with Crippen LogP contribution in [0.4, 0.5) is 5.82 Å². The van der Waals surface area contributed by atoms with Crippen LogP contribution in [0.25, 0.3) is 0 Å². The maximum Gasteiger partial charge on any atom is 0.250 e. The van der Waals surface area contributed by atoms with Crippen LogP contribution in [0.15, 0.2) is 48.7 Å². The number of nitriles is 1. The van der Waals surface area contributed by atoms with Crippen molar-refractivity contribution in [1.29, 1.82) is 5.26 Å². The van der Waals surface area contributed by atoms with Gasteiger partial charge in [-0.25, -0.2) is 4.98 Å². The molecule has 1 atom stereocenters. The largest absolute Gasteiger partial charge is 0.486 e.